The van der Waals surface area contributed by atoms with Crippen LogP contribution in [-0.4, -0.2) is 43.1 Å². The van der Waals surface area contributed by atoms with Crippen molar-refractivity contribution in [3.05, 3.63) is 24.3 Å². The summed E-state index contributed by atoms with van der Waals surface area (Å²) in [6.45, 7) is 2.88. The monoisotopic (exact) mass is 336 g/mol. The standard InChI is InChI=1S/C18H28N2O4/c1-2-23-18(22)20-15-8-10-17(11-9-15)24-13-16(21)12-19-14-6-4-3-5-7-14/h8-11,14,16,19,21H,2-7,12-13H2,1H3,(H,20,22). The Bertz CT molecular complexity index is 486. The minimum Gasteiger partial charge on any atom is -0.491 e. The number of ether oxygens (including phenoxy) is 2. The molecule has 0 aromatic heterocycles. The molecule has 0 spiro atoms. The molecule has 0 saturated heterocycles. The second kappa shape index (κ2) is 10.2. The zero-order valence-electron chi connectivity index (χ0n) is 14.3. The molecule has 1 atom stereocenters. The summed E-state index contributed by atoms with van der Waals surface area (Å²) < 4.78 is 10.4. The fraction of sp³-hybridized carbons (Fsp3) is 0.611. The number of rotatable bonds is 8. The molecule has 1 fully saturated rings. The Kier molecular flexibility index (Phi) is 7.85. The summed E-state index contributed by atoms with van der Waals surface area (Å²) in [5.41, 5.74) is 0.639. The number of amides is 1. The number of hydrogen-bond donors (Lipinski definition) is 3. The van der Waals surface area contributed by atoms with Crippen LogP contribution in [0.1, 0.15) is 39.0 Å². The summed E-state index contributed by atoms with van der Waals surface area (Å²) in [4.78, 5) is 11.3. The third kappa shape index (κ3) is 6.76. The molecule has 1 aromatic rings. The van der Waals surface area contributed by atoms with E-state index in [2.05, 4.69) is 10.6 Å². The first-order valence-corrected chi connectivity index (χ1v) is 8.75. The van der Waals surface area contributed by atoms with Gasteiger partial charge in [0.1, 0.15) is 18.5 Å². The molecule has 6 nitrogen and oxygen atoms in total. The van der Waals surface area contributed by atoms with Crippen LogP contribution >= 0.6 is 0 Å². The van der Waals surface area contributed by atoms with E-state index in [9.17, 15) is 9.90 Å². The maximum absolute atomic E-state index is 11.3. The van der Waals surface area contributed by atoms with Gasteiger partial charge in [-0.15, -0.1) is 0 Å². The van der Waals surface area contributed by atoms with Gasteiger partial charge in [-0.2, -0.15) is 0 Å². The van der Waals surface area contributed by atoms with Crippen LogP contribution in [0.3, 0.4) is 0 Å². The average Bonchev–Trinajstić information content (AvgIpc) is 2.60. The van der Waals surface area contributed by atoms with Crippen LogP contribution in [0.25, 0.3) is 0 Å². The molecule has 0 heterocycles. The van der Waals surface area contributed by atoms with Crippen LogP contribution in [-0.2, 0) is 4.74 Å². The quantitative estimate of drug-likeness (QED) is 0.680. The van der Waals surface area contributed by atoms with Gasteiger partial charge in [0.2, 0.25) is 0 Å². The highest BCUT2D eigenvalue weighted by molar-refractivity contribution is 5.84. The van der Waals surface area contributed by atoms with Crippen LogP contribution in [0.15, 0.2) is 24.3 Å². The smallest absolute Gasteiger partial charge is 0.411 e. The molecular weight excluding hydrogens is 308 g/mol. The van der Waals surface area contributed by atoms with E-state index in [4.69, 9.17) is 9.47 Å². The summed E-state index contributed by atoms with van der Waals surface area (Å²) in [5, 5.41) is 16.0. The zero-order valence-corrected chi connectivity index (χ0v) is 14.3. The molecule has 0 aliphatic heterocycles. The summed E-state index contributed by atoms with van der Waals surface area (Å²) >= 11 is 0. The lowest BCUT2D eigenvalue weighted by Gasteiger charge is -2.24. The van der Waals surface area contributed by atoms with Crippen molar-refractivity contribution in [1.29, 1.82) is 0 Å². The van der Waals surface area contributed by atoms with Crippen LogP contribution in [0, 0.1) is 0 Å². The Morgan fingerprint density at radius 1 is 1.25 bits per heavy atom. The van der Waals surface area contributed by atoms with Gasteiger partial charge >= 0.3 is 6.09 Å². The van der Waals surface area contributed by atoms with E-state index in [1.165, 1.54) is 32.1 Å². The normalized spacial score (nSPS) is 16.4. The van der Waals surface area contributed by atoms with Gasteiger partial charge in [0.25, 0.3) is 0 Å². The van der Waals surface area contributed by atoms with E-state index in [0.29, 0.717) is 30.6 Å². The summed E-state index contributed by atoms with van der Waals surface area (Å²) in [7, 11) is 0. The zero-order chi connectivity index (χ0) is 17.2. The molecule has 0 bridgehead atoms. The van der Waals surface area contributed by atoms with Crippen molar-refractivity contribution in [2.24, 2.45) is 0 Å². The maximum Gasteiger partial charge on any atom is 0.411 e. The summed E-state index contributed by atoms with van der Waals surface area (Å²) in [5.74, 6) is 0.654. The van der Waals surface area contributed by atoms with Gasteiger partial charge in [-0.25, -0.2) is 4.79 Å². The van der Waals surface area contributed by atoms with Crippen LogP contribution in [0.2, 0.25) is 0 Å². The lowest BCUT2D eigenvalue weighted by molar-refractivity contribution is 0.102. The van der Waals surface area contributed by atoms with Crippen molar-refractivity contribution in [3.63, 3.8) is 0 Å². The fourth-order valence-electron chi connectivity index (χ4n) is 2.78. The molecule has 2 rings (SSSR count). The Hall–Kier alpha value is -1.79. The van der Waals surface area contributed by atoms with Gasteiger partial charge in [-0.1, -0.05) is 19.3 Å². The number of hydrogen-bond acceptors (Lipinski definition) is 5. The summed E-state index contributed by atoms with van der Waals surface area (Å²) in [6.07, 6.45) is 5.25. The van der Waals surface area contributed by atoms with E-state index in [0.717, 1.165) is 0 Å². The van der Waals surface area contributed by atoms with Gasteiger partial charge in [0, 0.05) is 18.3 Å². The van der Waals surface area contributed by atoms with Gasteiger partial charge in [0.05, 0.1) is 6.61 Å². The molecule has 134 valence electrons. The first-order valence-electron chi connectivity index (χ1n) is 8.75. The van der Waals surface area contributed by atoms with Gasteiger partial charge < -0.3 is 19.9 Å². The van der Waals surface area contributed by atoms with Gasteiger partial charge in [-0.3, -0.25) is 5.32 Å². The third-order valence-electron chi connectivity index (χ3n) is 4.07. The lowest BCUT2D eigenvalue weighted by atomic mass is 9.95. The summed E-state index contributed by atoms with van der Waals surface area (Å²) in [6, 6.07) is 7.50. The molecule has 1 aliphatic carbocycles. The van der Waals surface area contributed by atoms with Crippen LogP contribution in [0.5, 0.6) is 5.75 Å². The highest BCUT2D eigenvalue weighted by Crippen LogP contribution is 2.18. The molecule has 1 amide bonds. The fourth-order valence-corrected chi connectivity index (χ4v) is 2.78. The Labute approximate surface area is 143 Å². The molecule has 3 N–H and O–H groups in total. The van der Waals surface area contributed by atoms with E-state index >= 15 is 0 Å². The first-order chi connectivity index (χ1) is 11.7. The Morgan fingerprint density at radius 2 is 1.96 bits per heavy atom. The molecule has 1 unspecified atom stereocenters. The van der Waals surface area contributed by atoms with E-state index in [-0.39, 0.29) is 6.61 Å². The van der Waals surface area contributed by atoms with E-state index < -0.39 is 12.2 Å². The maximum atomic E-state index is 11.3. The van der Waals surface area contributed by atoms with Crippen LogP contribution in [0.4, 0.5) is 10.5 Å². The van der Waals surface area contributed by atoms with Crippen molar-refractivity contribution in [2.45, 2.75) is 51.2 Å². The minimum atomic E-state index is -0.538. The highest BCUT2D eigenvalue weighted by atomic mass is 16.5. The largest absolute Gasteiger partial charge is 0.491 e. The van der Waals surface area contributed by atoms with Crippen LogP contribution < -0.4 is 15.4 Å². The topological polar surface area (TPSA) is 79.8 Å². The van der Waals surface area contributed by atoms with E-state index in [1.807, 2.05) is 0 Å². The van der Waals surface area contributed by atoms with Gasteiger partial charge in [-0.05, 0) is 44.0 Å². The number of carbonyl (C=O) groups is 1. The predicted molar refractivity (Wildman–Crippen MR) is 93.5 cm³/mol. The van der Waals surface area contributed by atoms with Crippen molar-refractivity contribution < 1.29 is 19.4 Å². The number of aliphatic hydroxyl groups excluding tert-OH is 1. The van der Waals surface area contributed by atoms with Crippen molar-refractivity contribution in [3.8, 4) is 5.75 Å². The Morgan fingerprint density at radius 3 is 2.62 bits per heavy atom. The number of aliphatic hydroxyl groups is 1. The average molecular weight is 336 g/mol. The number of carbonyl (C=O) groups excluding carboxylic acids is 1. The lowest BCUT2D eigenvalue weighted by Crippen LogP contribution is -2.38. The highest BCUT2D eigenvalue weighted by Gasteiger charge is 2.14. The van der Waals surface area contributed by atoms with Crippen molar-refractivity contribution in [1.82, 2.24) is 5.32 Å². The molecule has 1 aliphatic rings. The van der Waals surface area contributed by atoms with E-state index in [1.54, 1.807) is 31.2 Å². The minimum absolute atomic E-state index is 0.240. The first kappa shape index (κ1) is 18.5. The SMILES string of the molecule is CCOC(=O)Nc1ccc(OCC(O)CNC2CCCCC2)cc1. The predicted octanol–water partition coefficient (Wildman–Crippen LogP) is 2.92. The number of anilines is 1. The molecule has 1 saturated carbocycles. The number of nitrogens with one attached hydrogen (secondary N) is 2. The van der Waals surface area contributed by atoms with Crippen molar-refractivity contribution >= 4 is 11.8 Å². The van der Waals surface area contributed by atoms with Crippen molar-refractivity contribution in [2.75, 3.05) is 25.1 Å². The molecule has 0 radical (unpaired) electrons. The van der Waals surface area contributed by atoms with Gasteiger partial charge in [0.15, 0.2) is 0 Å². The second-order valence-corrected chi connectivity index (χ2v) is 6.08. The Balaban J connectivity index is 1.66. The second-order valence-electron chi connectivity index (χ2n) is 6.08. The number of benzene rings is 1. The molecular formula is C18H28N2O4. The molecule has 1 aromatic carbocycles. The third-order valence-corrected chi connectivity index (χ3v) is 4.07. The molecule has 6 heteroatoms. The molecule has 24 heavy (non-hydrogen) atoms.